The highest BCUT2D eigenvalue weighted by Gasteiger charge is 2.38. The zero-order chi connectivity index (χ0) is 19.0. The van der Waals surface area contributed by atoms with E-state index < -0.39 is 0 Å². The lowest BCUT2D eigenvalue weighted by atomic mass is 9.90. The fourth-order valence-corrected chi connectivity index (χ4v) is 3.98. The van der Waals surface area contributed by atoms with E-state index >= 15 is 0 Å². The van der Waals surface area contributed by atoms with Crippen LogP contribution in [-0.2, 0) is 11.2 Å². The van der Waals surface area contributed by atoms with Crippen LogP contribution in [0.15, 0.2) is 42.5 Å². The Balaban J connectivity index is 1.62. The quantitative estimate of drug-likeness (QED) is 0.836. The van der Waals surface area contributed by atoms with E-state index in [2.05, 4.69) is 12.1 Å². The van der Waals surface area contributed by atoms with E-state index in [4.69, 9.17) is 9.47 Å². The molecule has 2 aromatic rings. The van der Waals surface area contributed by atoms with E-state index in [9.17, 15) is 9.59 Å². The van der Waals surface area contributed by atoms with Gasteiger partial charge in [0.2, 0.25) is 5.91 Å². The number of methoxy groups -OCH3 is 2. The summed E-state index contributed by atoms with van der Waals surface area (Å²) in [7, 11) is 3.09. The van der Waals surface area contributed by atoms with Crippen LogP contribution < -0.4 is 9.47 Å². The minimum atomic E-state index is -0.174. The summed E-state index contributed by atoms with van der Waals surface area (Å²) in [5.41, 5.74) is 2.88. The Morgan fingerprint density at radius 2 is 1.85 bits per heavy atom. The highest BCUT2D eigenvalue weighted by atomic mass is 16.5. The van der Waals surface area contributed by atoms with Crippen LogP contribution in [0.1, 0.15) is 27.5 Å². The van der Waals surface area contributed by atoms with Gasteiger partial charge in [0, 0.05) is 18.7 Å². The van der Waals surface area contributed by atoms with Gasteiger partial charge in [-0.3, -0.25) is 9.59 Å². The molecule has 0 spiro atoms. The largest absolute Gasteiger partial charge is 0.493 e. The summed E-state index contributed by atoms with van der Waals surface area (Å²) < 4.78 is 10.5. The van der Waals surface area contributed by atoms with Crippen molar-refractivity contribution in [2.24, 2.45) is 0 Å². The smallest absolute Gasteiger partial charge is 0.254 e. The molecule has 2 heterocycles. The number of benzene rings is 2. The van der Waals surface area contributed by atoms with E-state index in [-0.39, 0.29) is 24.4 Å². The first-order chi connectivity index (χ1) is 13.1. The summed E-state index contributed by atoms with van der Waals surface area (Å²) in [6, 6.07) is 13.2. The SMILES string of the molecule is COc1ccc(C(=O)N2CC(=O)N3CCc4ccccc4[C@@H]3C2)cc1OC. The van der Waals surface area contributed by atoms with Gasteiger partial charge in [0.25, 0.3) is 5.91 Å². The Hall–Kier alpha value is -3.02. The number of carbonyl (C=O) groups is 2. The lowest BCUT2D eigenvalue weighted by Gasteiger charge is -2.44. The number of nitrogens with zero attached hydrogens (tertiary/aromatic N) is 2. The third-order valence-electron chi connectivity index (χ3n) is 5.37. The summed E-state index contributed by atoms with van der Waals surface area (Å²) in [5.74, 6) is 0.883. The van der Waals surface area contributed by atoms with Crippen LogP contribution in [0.4, 0.5) is 0 Å². The van der Waals surface area contributed by atoms with E-state index in [1.54, 1.807) is 30.2 Å². The van der Waals surface area contributed by atoms with Crippen molar-refractivity contribution < 1.29 is 19.1 Å². The number of carbonyl (C=O) groups excluding carboxylic acids is 2. The second-order valence-electron chi connectivity index (χ2n) is 6.81. The Morgan fingerprint density at radius 1 is 1.07 bits per heavy atom. The lowest BCUT2D eigenvalue weighted by Crippen LogP contribution is -2.55. The summed E-state index contributed by atoms with van der Waals surface area (Å²) in [5, 5.41) is 0. The molecule has 6 heteroatoms. The van der Waals surface area contributed by atoms with Crippen LogP contribution in [0.5, 0.6) is 11.5 Å². The van der Waals surface area contributed by atoms with Crippen LogP contribution >= 0.6 is 0 Å². The standard InChI is InChI=1S/C21H22N2O4/c1-26-18-8-7-15(11-19(18)27-2)21(25)22-12-17-16-6-4-3-5-14(16)9-10-23(17)20(24)13-22/h3-8,11,17H,9-10,12-13H2,1-2H3/t17-/m0/s1. The molecule has 2 amide bonds. The molecule has 0 aliphatic carbocycles. The van der Waals surface area contributed by atoms with Gasteiger partial charge < -0.3 is 19.3 Å². The van der Waals surface area contributed by atoms with Crippen LogP contribution in [-0.4, -0.2) is 55.5 Å². The second-order valence-corrected chi connectivity index (χ2v) is 6.81. The molecular formula is C21H22N2O4. The highest BCUT2D eigenvalue weighted by molar-refractivity contribution is 5.97. The first-order valence-corrected chi connectivity index (χ1v) is 9.01. The summed E-state index contributed by atoms with van der Waals surface area (Å²) in [6.45, 7) is 1.31. The monoisotopic (exact) mass is 366 g/mol. The first kappa shape index (κ1) is 17.4. The molecule has 6 nitrogen and oxygen atoms in total. The Labute approximate surface area is 158 Å². The minimum absolute atomic E-state index is 0.00502. The molecule has 1 fully saturated rings. The van der Waals surface area contributed by atoms with Gasteiger partial charge in [0.05, 0.1) is 20.3 Å². The number of hydrogen-bond donors (Lipinski definition) is 0. The van der Waals surface area contributed by atoms with E-state index in [1.165, 1.54) is 12.7 Å². The number of ether oxygens (including phenoxy) is 2. The molecule has 2 aliphatic heterocycles. The third kappa shape index (κ3) is 3.01. The van der Waals surface area contributed by atoms with Crippen molar-refractivity contribution in [2.45, 2.75) is 12.5 Å². The number of piperazine rings is 1. The first-order valence-electron chi connectivity index (χ1n) is 9.01. The minimum Gasteiger partial charge on any atom is -0.493 e. The molecule has 0 saturated carbocycles. The zero-order valence-corrected chi connectivity index (χ0v) is 15.5. The van der Waals surface area contributed by atoms with Crippen LogP contribution in [0.3, 0.4) is 0 Å². The lowest BCUT2D eigenvalue weighted by molar-refractivity contribution is -0.139. The average molecular weight is 366 g/mol. The van der Waals surface area contributed by atoms with Crippen molar-refractivity contribution in [3.63, 3.8) is 0 Å². The van der Waals surface area contributed by atoms with Crippen molar-refractivity contribution in [2.75, 3.05) is 33.9 Å². The van der Waals surface area contributed by atoms with Crippen molar-refractivity contribution in [1.82, 2.24) is 9.80 Å². The Morgan fingerprint density at radius 3 is 2.63 bits per heavy atom. The fraction of sp³-hybridized carbons (Fsp3) is 0.333. The van der Waals surface area contributed by atoms with Crippen molar-refractivity contribution in [3.8, 4) is 11.5 Å². The third-order valence-corrected chi connectivity index (χ3v) is 5.37. The molecule has 0 aromatic heterocycles. The summed E-state index contributed by atoms with van der Waals surface area (Å²) in [4.78, 5) is 29.3. The topological polar surface area (TPSA) is 59.1 Å². The summed E-state index contributed by atoms with van der Waals surface area (Å²) >= 11 is 0. The van der Waals surface area contributed by atoms with Gasteiger partial charge in [-0.05, 0) is 35.7 Å². The molecule has 1 atom stereocenters. The Bertz CT molecular complexity index is 896. The molecule has 4 rings (SSSR count). The van der Waals surface area contributed by atoms with E-state index in [0.29, 0.717) is 30.2 Å². The van der Waals surface area contributed by atoms with Crippen LogP contribution in [0.25, 0.3) is 0 Å². The Kier molecular flexibility index (Phi) is 4.48. The van der Waals surface area contributed by atoms with Crippen molar-refractivity contribution >= 4 is 11.8 Å². The average Bonchev–Trinajstić information content (AvgIpc) is 2.72. The predicted octanol–water partition coefficient (Wildman–Crippen LogP) is 2.29. The number of amides is 2. The molecule has 1 saturated heterocycles. The van der Waals surface area contributed by atoms with Gasteiger partial charge >= 0.3 is 0 Å². The molecule has 27 heavy (non-hydrogen) atoms. The van der Waals surface area contributed by atoms with Gasteiger partial charge in [-0.1, -0.05) is 24.3 Å². The van der Waals surface area contributed by atoms with Gasteiger partial charge in [0.15, 0.2) is 11.5 Å². The fourth-order valence-electron chi connectivity index (χ4n) is 3.98. The molecule has 0 N–H and O–H groups in total. The molecule has 0 bridgehead atoms. The van der Waals surface area contributed by atoms with Gasteiger partial charge in [-0.15, -0.1) is 0 Å². The maximum absolute atomic E-state index is 13.1. The molecule has 2 aromatic carbocycles. The zero-order valence-electron chi connectivity index (χ0n) is 15.5. The molecule has 2 aliphatic rings. The normalized spacial score (nSPS) is 18.6. The summed E-state index contributed by atoms with van der Waals surface area (Å²) in [6.07, 6.45) is 0.863. The maximum atomic E-state index is 13.1. The van der Waals surface area contributed by atoms with Crippen molar-refractivity contribution in [1.29, 1.82) is 0 Å². The molecule has 140 valence electrons. The number of hydrogen-bond acceptors (Lipinski definition) is 4. The van der Waals surface area contributed by atoms with Gasteiger partial charge in [-0.2, -0.15) is 0 Å². The molecule has 0 unspecified atom stereocenters. The number of rotatable bonds is 3. The highest BCUT2D eigenvalue weighted by Crippen LogP contribution is 2.34. The van der Waals surface area contributed by atoms with Crippen LogP contribution in [0.2, 0.25) is 0 Å². The van der Waals surface area contributed by atoms with E-state index in [1.807, 2.05) is 17.0 Å². The van der Waals surface area contributed by atoms with Gasteiger partial charge in [0.1, 0.15) is 6.54 Å². The van der Waals surface area contributed by atoms with Gasteiger partial charge in [-0.25, -0.2) is 0 Å². The second kappa shape index (κ2) is 6.95. The van der Waals surface area contributed by atoms with Crippen molar-refractivity contribution in [3.05, 3.63) is 59.2 Å². The maximum Gasteiger partial charge on any atom is 0.254 e. The number of fused-ring (bicyclic) bond motifs is 3. The molecule has 0 radical (unpaired) electrons. The van der Waals surface area contributed by atoms with E-state index in [0.717, 1.165) is 12.0 Å². The van der Waals surface area contributed by atoms with Crippen LogP contribution in [0, 0.1) is 0 Å². The predicted molar refractivity (Wildman–Crippen MR) is 100 cm³/mol. The molecular weight excluding hydrogens is 344 g/mol.